The van der Waals surface area contributed by atoms with Gasteiger partial charge in [-0.3, -0.25) is 28.8 Å². The Bertz CT molecular complexity index is 1920. The highest BCUT2D eigenvalue weighted by molar-refractivity contribution is 5.96. The molecule has 0 unspecified atom stereocenters. The van der Waals surface area contributed by atoms with Crippen LogP contribution in [0, 0.1) is 5.92 Å². The van der Waals surface area contributed by atoms with Crippen LogP contribution < -0.4 is 10.6 Å². The number of hydrogen-bond acceptors (Lipinski definition) is 10. The highest BCUT2D eigenvalue weighted by Gasteiger charge is 2.34. The molecule has 0 radical (unpaired) electrons. The summed E-state index contributed by atoms with van der Waals surface area (Å²) in [7, 11) is 3.00. The van der Waals surface area contributed by atoms with Crippen LogP contribution in [0.3, 0.4) is 0 Å². The fourth-order valence-electron chi connectivity index (χ4n) is 8.29. The number of aromatic hydroxyl groups is 2. The van der Waals surface area contributed by atoms with Crippen LogP contribution in [0.4, 0.5) is 0 Å². The van der Waals surface area contributed by atoms with Crippen molar-refractivity contribution in [1.82, 2.24) is 20.4 Å². The van der Waals surface area contributed by atoms with E-state index < -0.39 is 65.3 Å². The number of nitrogens with zero attached hydrogens (tertiary/aromatic N) is 2. The van der Waals surface area contributed by atoms with E-state index in [1.165, 1.54) is 120 Å². The molecular formula is C50H74N4O11. The molecule has 4 bridgehead atoms. The van der Waals surface area contributed by atoms with Crippen molar-refractivity contribution < 1.29 is 54.0 Å². The topological polar surface area (TPSA) is 231 Å². The predicted octanol–water partition coefficient (Wildman–Crippen LogP) is 6.92. The molecule has 15 heteroatoms. The zero-order valence-corrected chi connectivity index (χ0v) is 39.2. The second kappa shape index (κ2) is 27.9. The number of rotatable bonds is 26. The first-order chi connectivity index (χ1) is 31.0. The molecule has 0 saturated heterocycles. The third-order valence-corrected chi connectivity index (χ3v) is 12.6. The van der Waals surface area contributed by atoms with E-state index in [2.05, 4.69) is 17.6 Å². The Morgan fingerprint density at radius 3 is 1.91 bits per heavy atom. The number of phenols is 2. The summed E-state index contributed by atoms with van der Waals surface area (Å²) >= 11 is 0. The minimum atomic E-state index is -1.36. The lowest BCUT2D eigenvalue weighted by atomic mass is 9.89. The van der Waals surface area contributed by atoms with Gasteiger partial charge in [-0.05, 0) is 55.2 Å². The van der Waals surface area contributed by atoms with Gasteiger partial charge in [0.25, 0.3) is 0 Å². The molecule has 2 aromatic carbocycles. The molecule has 65 heavy (non-hydrogen) atoms. The number of fused-ring (bicyclic) bond motifs is 5. The average Bonchev–Trinajstić information content (AvgIpc) is 3.27. The molecule has 1 aliphatic heterocycles. The first-order valence-corrected chi connectivity index (χ1v) is 23.6. The Morgan fingerprint density at radius 1 is 0.754 bits per heavy atom. The summed E-state index contributed by atoms with van der Waals surface area (Å²) < 4.78 is 0. The van der Waals surface area contributed by atoms with Gasteiger partial charge in [0.2, 0.25) is 23.6 Å². The Labute approximate surface area is 384 Å². The standard InChI is InChI=1S/C50H74N4O11/c1-6-7-8-9-10-11-12-13-14-15-16-17-18-19-46(61)53(4)37(32-55)22-26-45(60)51-34(3)41(56)25-27-47(62)54(5)48-36-21-24-43(58)39(31-36)38-29-35(20-23-42(38)57)30-40(50(64)65)52-49(63)33(2)28-44(48)59/h20-21,23-24,29,31,33-34,37,40,48,55,57-58H,6-19,22,25-28,30,32H2,1-5H3,(H,51,60)(H,52,63)(H,64,65)/t33-,34-,37+,40+,48+/m1/s1. The molecule has 3 rings (SSSR count). The Balaban J connectivity index is 1.54. The molecule has 15 nitrogen and oxygen atoms in total. The molecule has 6 N–H and O–H groups in total. The average molecular weight is 907 g/mol. The molecule has 1 heterocycles. The highest BCUT2D eigenvalue weighted by atomic mass is 16.4. The maximum Gasteiger partial charge on any atom is 0.326 e. The number of carboxylic acid groups (broad SMARTS) is 1. The monoisotopic (exact) mass is 907 g/mol. The number of aliphatic hydroxyl groups is 1. The van der Waals surface area contributed by atoms with Crippen molar-refractivity contribution in [2.75, 3.05) is 20.7 Å². The van der Waals surface area contributed by atoms with Gasteiger partial charge in [0, 0.05) is 69.7 Å². The molecule has 4 amide bonds. The second-order valence-electron chi connectivity index (χ2n) is 17.8. The first kappa shape index (κ1) is 54.0. The second-order valence-corrected chi connectivity index (χ2v) is 17.8. The molecule has 0 aliphatic carbocycles. The molecule has 5 atom stereocenters. The van der Waals surface area contributed by atoms with Gasteiger partial charge in [-0.15, -0.1) is 0 Å². The normalized spacial score (nSPS) is 17.3. The quantitative estimate of drug-likeness (QED) is 0.0531. The lowest BCUT2D eigenvalue weighted by molar-refractivity contribution is -0.143. The SMILES string of the molecule is CCCCCCCCCCCCCCCC(=O)N(C)[C@H](CO)CCC(=O)N[C@H](C)C(=O)CCC(=O)N(C)[C@@H]1C(=O)C[C@@H](C)C(=O)N[C@H](C(=O)O)Cc2ccc(O)c(c2)-c2cc1ccc2O. The van der Waals surface area contributed by atoms with Crippen LogP contribution in [0.5, 0.6) is 11.5 Å². The lowest BCUT2D eigenvalue weighted by Gasteiger charge is -2.29. The molecule has 360 valence electrons. The van der Waals surface area contributed by atoms with E-state index in [-0.39, 0.29) is 79.2 Å². The minimum absolute atomic E-state index is 0.0469. The van der Waals surface area contributed by atoms with Gasteiger partial charge >= 0.3 is 5.97 Å². The molecule has 0 aromatic heterocycles. The molecular weight excluding hydrogens is 833 g/mol. The Morgan fingerprint density at radius 2 is 1.32 bits per heavy atom. The molecule has 2 aromatic rings. The third-order valence-electron chi connectivity index (χ3n) is 12.6. The fraction of sp³-hybridized carbons (Fsp3) is 0.620. The minimum Gasteiger partial charge on any atom is -0.507 e. The van der Waals surface area contributed by atoms with Gasteiger partial charge in [0.15, 0.2) is 11.6 Å². The van der Waals surface area contributed by atoms with Crippen LogP contribution in [0.2, 0.25) is 0 Å². The number of carboxylic acids is 1. The van der Waals surface area contributed by atoms with E-state index >= 15 is 0 Å². The zero-order chi connectivity index (χ0) is 48.1. The number of hydrogen-bond donors (Lipinski definition) is 6. The molecule has 0 spiro atoms. The van der Waals surface area contributed by atoms with E-state index in [1.54, 1.807) is 7.05 Å². The van der Waals surface area contributed by atoms with Gasteiger partial charge in [0.1, 0.15) is 23.6 Å². The number of ketones is 2. The molecule has 0 fully saturated rings. The fourth-order valence-corrected chi connectivity index (χ4v) is 8.29. The summed E-state index contributed by atoms with van der Waals surface area (Å²) in [5.74, 6) is -5.63. The van der Waals surface area contributed by atoms with Crippen molar-refractivity contribution in [3.8, 4) is 22.6 Å². The lowest BCUT2D eigenvalue weighted by Crippen LogP contribution is -2.45. The number of benzene rings is 2. The number of Topliss-reactive ketones (excluding diaryl/α,β-unsaturated/α-hetero) is 2. The Hall–Kier alpha value is -5.31. The van der Waals surface area contributed by atoms with E-state index in [0.29, 0.717) is 12.0 Å². The summed E-state index contributed by atoms with van der Waals surface area (Å²) in [6.45, 7) is 4.87. The summed E-state index contributed by atoms with van der Waals surface area (Å²) in [4.78, 5) is 94.6. The largest absolute Gasteiger partial charge is 0.507 e. The number of carbonyl (C=O) groups is 7. The maximum atomic E-state index is 14.0. The summed E-state index contributed by atoms with van der Waals surface area (Å²) in [5, 5.41) is 46.7. The van der Waals surface area contributed by atoms with E-state index in [1.807, 2.05) is 0 Å². The zero-order valence-electron chi connectivity index (χ0n) is 39.2. The number of aliphatic carboxylic acids is 1. The smallest absolute Gasteiger partial charge is 0.326 e. The predicted molar refractivity (Wildman–Crippen MR) is 248 cm³/mol. The van der Waals surface area contributed by atoms with Crippen LogP contribution in [-0.2, 0) is 40.0 Å². The summed E-state index contributed by atoms with van der Waals surface area (Å²) in [6.07, 6.45) is 15.0. The highest BCUT2D eigenvalue weighted by Crippen LogP contribution is 2.39. The van der Waals surface area contributed by atoms with E-state index in [9.17, 15) is 54.0 Å². The maximum absolute atomic E-state index is 14.0. The van der Waals surface area contributed by atoms with E-state index in [4.69, 9.17) is 0 Å². The third kappa shape index (κ3) is 17.5. The number of unbranched alkanes of at least 4 members (excludes halogenated alkanes) is 12. The molecule has 1 aliphatic rings. The number of amides is 4. The van der Waals surface area contributed by atoms with Crippen LogP contribution in [-0.4, -0.2) is 110 Å². The van der Waals surface area contributed by atoms with Gasteiger partial charge in [-0.25, -0.2) is 4.79 Å². The summed E-state index contributed by atoms with van der Waals surface area (Å²) in [5.41, 5.74) is 0.961. The van der Waals surface area contributed by atoms with Gasteiger partial charge < -0.3 is 40.9 Å². The first-order valence-electron chi connectivity index (χ1n) is 23.6. The number of nitrogens with one attached hydrogen (secondary N) is 2. The number of likely N-dealkylation sites (N-methyl/N-ethyl adjacent to an activating group) is 2. The van der Waals surface area contributed by atoms with Crippen LogP contribution in [0.1, 0.15) is 160 Å². The van der Waals surface area contributed by atoms with Crippen molar-refractivity contribution >= 4 is 41.2 Å². The van der Waals surface area contributed by atoms with Crippen molar-refractivity contribution in [3.63, 3.8) is 0 Å². The van der Waals surface area contributed by atoms with Crippen molar-refractivity contribution in [3.05, 3.63) is 47.5 Å². The van der Waals surface area contributed by atoms with Crippen LogP contribution >= 0.6 is 0 Å². The Kier molecular flexibility index (Phi) is 23.2. The van der Waals surface area contributed by atoms with Crippen molar-refractivity contribution in [2.24, 2.45) is 5.92 Å². The van der Waals surface area contributed by atoms with Crippen molar-refractivity contribution in [2.45, 2.75) is 173 Å². The van der Waals surface area contributed by atoms with Crippen molar-refractivity contribution in [1.29, 1.82) is 0 Å². The van der Waals surface area contributed by atoms with Crippen LogP contribution in [0.15, 0.2) is 36.4 Å². The van der Waals surface area contributed by atoms with Gasteiger partial charge in [0.05, 0.1) is 18.7 Å². The number of phenolic OH excluding ortho intramolecular Hbond substituents is 2. The number of carbonyl (C=O) groups excluding carboxylic acids is 6. The molecule has 0 saturated carbocycles. The van der Waals surface area contributed by atoms with Crippen LogP contribution in [0.25, 0.3) is 11.1 Å². The van der Waals surface area contributed by atoms with Gasteiger partial charge in [-0.1, -0.05) is 103 Å². The van der Waals surface area contributed by atoms with Gasteiger partial charge in [-0.2, -0.15) is 0 Å². The number of aliphatic hydroxyl groups excluding tert-OH is 1. The van der Waals surface area contributed by atoms with E-state index in [0.717, 1.165) is 30.6 Å². The summed E-state index contributed by atoms with van der Waals surface area (Å²) in [6, 6.07) is 4.33.